The van der Waals surface area contributed by atoms with Gasteiger partial charge in [-0.25, -0.2) is 5.01 Å². The summed E-state index contributed by atoms with van der Waals surface area (Å²) in [5, 5.41) is 3.86. The maximum absolute atomic E-state index is 12.8. The molecule has 0 spiro atoms. The van der Waals surface area contributed by atoms with Crippen LogP contribution >= 0.6 is 7.60 Å². The molecule has 0 radical (unpaired) electrons. The van der Waals surface area contributed by atoms with E-state index in [4.69, 9.17) is 9.05 Å². The Hall–Kier alpha value is -1.98. The van der Waals surface area contributed by atoms with E-state index in [1.165, 1.54) is 14.2 Å². The number of hydrogen-bond donors (Lipinski definition) is 0. The van der Waals surface area contributed by atoms with Crippen molar-refractivity contribution in [3.63, 3.8) is 0 Å². The second-order valence-corrected chi connectivity index (χ2v) is 9.32. The maximum Gasteiger partial charge on any atom is 0.330 e. The van der Waals surface area contributed by atoms with Crippen molar-refractivity contribution in [3.05, 3.63) is 71.8 Å². The highest BCUT2D eigenvalue weighted by atomic mass is 31.2. The second-order valence-electron chi connectivity index (χ2n) is 7.00. The van der Waals surface area contributed by atoms with E-state index < -0.39 is 7.60 Å². The Balaban J connectivity index is 1.77. The van der Waals surface area contributed by atoms with Crippen LogP contribution in [0.25, 0.3) is 0 Å². The van der Waals surface area contributed by atoms with Crippen molar-refractivity contribution in [3.8, 4) is 0 Å². The summed E-state index contributed by atoms with van der Waals surface area (Å²) in [7, 11) is -0.374. The van der Waals surface area contributed by atoms with Crippen LogP contribution in [0, 0.1) is 5.92 Å². The minimum absolute atomic E-state index is 0.0376. The van der Waals surface area contributed by atoms with E-state index in [0.717, 1.165) is 11.1 Å². The Morgan fingerprint density at radius 2 is 1.46 bits per heavy atom. The van der Waals surface area contributed by atoms with E-state index in [9.17, 15) is 9.36 Å². The van der Waals surface area contributed by atoms with Gasteiger partial charge in [0.05, 0.1) is 6.16 Å². The van der Waals surface area contributed by atoms with Gasteiger partial charge < -0.3 is 9.05 Å². The Morgan fingerprint density at radius 1 is 0.964 bits per heavy atom. The smallest absolute Gasteiger partial charge is 0.312 e. The lowest BCUT2D eigenvalue weighted by Gasteiger charge is -2.32. The lowest BCUT2D eigenvalue weighted by atomic mass is 10.1. The molecule has 3 rings (SSSR count). The molecule has 1 atom stereocenters. The molecule has 0 aliphatic carbocycles. The lowest BCUT2D eigenvalue weighted by molar-refractivity contribution is -0.145. The van der Waals surface area contributed by atoms with E-state index in [1.54, 1.807) is 5.01 Å². The molecule has 1 saturated heterocycles. The van der Waals surface area contributed by atoms with Gasteiger partial charge in [-0.3, -0.25) is 14.4 Å². The third kappa shape index (κ3) is 5.30. The van der Waals surface area contributed by atoms with Gasteiger partial charge in [0.2, 0.25) is 5.91 Å². The van der Waals surface area contributed by atoms with Gasteiger partial charge in [0.1, 0.15) is 0 Å². The first-order chi connectivity index (χ1) is 13.5. The van der Waals surface area contributed by atoms with Gasteiger partial charge in [-0.1, -0.05) is 60.7 Å². The molecule has 0 aromatic heterocycles. The monoisotopic (exact) mass is 402 g/mol. The molecule has 0 bridgehead atoms. The van der Waals surface area contributed by atoms with E-state index in [2.05, 4.69) is 29.3 Å². The molecule has 1 fully saturated rings. The number of benzene rings is 2. The van der Waals surface area contributed by atoms with E-state index >= 15 is 0 Å². The largest absolute Gasteiger partial charge is 0.330 e. The maximum atomic E-state index is 12.8. The van der Waals surface area contributed by atoms with Crippen LogP contribution in [0.4, 0.5) is 0 Å². The molecule has 150 valence electrons. The van der Waals surface area contributed by atoms with Crippen LogP contribution in [0.15, 0.2) is 60.7 Å². The van der Waals surface area contributed by atoms with Crippen LogP contribution in [-0.2, 0) is 31.5 Å². The summed E-state index contributed by atoms with van der Waals surface area (Å²) in [6, 6.07) is 20.2. The summed E-state index contributed by atoms with van der Waals surface area (Å²) in [4.78, 5) is 12.8. The molecule has 1 aliphatic rings. The molecule has 1 aliphatic heterocycles. The average molecular weight is 402 g/mol. The van der Waals surface area contributed by atoms with E-state index in [1.807, 2.05) is 36.4 Å². The van der Waals surface area contributed by atoms with Crippen LogP contribution in [-0.4, -0.2) is 42.9 Å². The molecule has 6 nitrogen and oxygen atoms in total. The van der Waals surface area contributed by atoms with Crippen molar-refractivity contribution in [2.24, 2.45) is 5.92 Å². The summed E-state index contributed by atoms with van der Waals surface area (Å²) >= 11 is 0. The van der Waals surface area contributed by atoms with Crippen molar-refractivity contribution in [1.82, 2.24) is 10.0 Å². The highest BCUT2D eigenvalue weighted by Gasteiger charge is 2.38. The van der Waals surface area contributed by atoms with Crippen LogP contribution in [0.5, 0.6) is 0 Å². The standard InChI is InChI=1S/C21H27N2O4P/c1-26-28(25,27-2)17-20-13-21(24)23(16-20)22(14-18-9-5-3-6-10-18)15-19-11-7-4-8-12-19/h3-12,20H,13-17H2,1-2H3. The van der Waals surface area contributed by atoms with Gasteiger partial charge in [0.15, 0.2) is 0 Å². The first kappa shape index (κ1) is 20.7. The second kappa shape index (κ2) is 9.48. The number of hydrogen-bond acceptors (Lipinski definition) is 5. The fourth-order valence-corrected chi connectivity index (χ4v) is 4.84. The van der Waals surface area contributed by atoms with Crippen LogP contribution in [0.2, 0.25) is 0 Å². The Labute approximate surface area is 166 Å². The number of carbonyl (C=O) groups is 1. The predicted octanol–water partition coefficient (Wildman–Crippen LogP) is 3.94. The lowest BCUT2D eigenvalue weighted by Crippen LogP contribution is -2.42. The van der Waals surface area contributed by atoms with Crippen molar-refractivity contribution >= 4 is 13.5 Å². The fourth-order valence-electron chi connectivity index (χ4n) is 3.51. The number of hydrazine groups is 1. The molecule has 1 heterocycles. The molecule has 0 saturated carbocycles. The molecule has 28 heavy (non-hydrogen) atoms. The molecule has 2 aromatic rings. The van der Waals surface area contributed by atoms with Crippen LogP contribution < -0.4 is 0 Å². The van der Waals surface area contributed by atoms with E-state index in [0.29, 0.717) is 26.1 Å². The van der Waals surface area contributed by atoms with Crippen molar-refractivity contribution in [2.75, 3.05) is 26.9 Å². The Morgan fingerprint density at radius 3 is 1.93 bits per heavy atom. The minimum atomic E-state index is -3.14. The zero-order valence-electron chi connectivity index (χ0n) is 16.4. The van der Waals surface area contributed by atoms with Gasteiger partial charge in [-0.05, 0) is 17.0 Å². The normalized spacial score (nSPS) is 17.5. The SMILES string of the molecule is COP(=O)(CC1CC(=O)N(N(Cc2ccccc2)Cc2ccccc2)C1)OC. The molecular weight excluding hydrogens is 375 g/mol. The van der Waals surface area contributed by atoms with Crippen LogP contribution in [0.1, 0.15) is 17.5 Å². The Kier molecular flexibility index (Phi) is 7.03. The topological polar surface area (TPSA) is 59.1 Å². The highest BCUT2D eigenvalue weighted by Crippen LogP contribution is 2.49. The van der Waals surface area contributed by atoms with E-state index in [-0.39, 0.29) is 18.0 Å². The number of nitrogens with zero attached hydrogens (tertiary/aromatic N) is 2. The summed E-state index contributed by atoms with van der Waals surface area (Å²) < 4.78 is 22.6. The van der Waals surface area contributed by atoms with Gasteiger partial charge in [0.25, 0.3) is 0 Å². The number of amides is 1. The number of rotatable bonds is 9. The predicted molar refractivity (Wildman–Crippen MR) is 108 cm³/mol. The fraction of sp³-hybridized carbons (Fsp3) is 0.381. The van der Waals surface area contributed by atoms with Crippen molar-refractivity contribution in [1.29, 1.82) is 0 Å². The van der Waals surface area contributed by atoms with Crippen molar-refractivity contribution in [2.45, 2.75) is 19.5 Å². The molecule has 2 aromatic carbocycles. The minimum Gasteiger partial charge on any atom is -0.312 e. The molecule has 1 amide bonds. The first-order valence-electron chi connectivity index (χ1n) is 9.36. The zero-order chi connectivity index (χ0) is 20.0. The average Bonchev–Trinajstić information content (AvgIpc) is 3.08. The summed E-state index contributed by atoms with van der Waals surface area (Å²) in [5.74, 6) is -0.0251. The summed E-state index contributed by atoms with van der Waals surface area (Å²) in [6.45, 7) is 1.76. The summed E-state index contributed by atoms with van der Waals surface area (Å²) in [6.07, 6.45) is 0.587. The van der Waals surface area contributed by atoms with Gasteiger partial charge in [-0.2, -0.15) is 0 Å². The zero-order valence-corrected chi connectivity index (χ0v) is 17.3. The first-order valence-corrected chi connectivity index (χ1v) is 11.1. The molecule has 7 heteroatoms. The third-order valence-corrected chi connectivity index (χ3v) is 7.05. The van der Waals surface area contributed by atoms with Gasteiger partial charge in [0, 0.05) is 40.3 Å². The Bertz CT molecular complexity index is 766. The van der Waals surface area contributed by atoms with Gasteiger partial charge in [-0.15, -0.1) is 0 Å². The van der Waals surface area contributed by atoms with Crippen molar-refractivity contribution < 1.29 is 18.4 Å². The molecular formula is C21H27N2O4P. The summed E-state index contributed by atoms with van der Waals surface area (Å²) in [5.41, 5.74) is 2.27. The van der Waals surface area contributed by atoms with Gasteiger partial charge >= 0.3 is 7.60 Å². The number of carbonyl (C=O) groups excluding carboxylic acids is 1. The molecule has 1 unspecified atom stereocenters. The molecule has 0 N–H and O–H groups in total. The third-order valence-electron chi connectivity index (χ3n) is 4.98. The highest BCUT2D eigenvalue weighted by molar-refractivity contribution is 7.53. The van der Waals surface area contributed by atoms with Crippen LogP contribution in [0.3, 0.4) is 0 Å². The quantitative estimate of drug-likeness (QED) is 0.595.